The normalized spacial score (nSPS) is 13.9. The minimum Gasteiger partial charge on any atom is -0.493 e. The molecule has 0 radical (unpaired) electrons. The second-order valence-corrected chi connectivity index (χ2v) is 15.3. The number of piperazine rings is 1. The number of halogens is 2. The van der Waals surface area contributed by atoms with Gasteiger partial charge in [-0.1, -0.05) is 29.8 Å². The molecule has 3 heterocycles. The molecule has 5 aromatic rings. The fourth-order valence-corrected chi connectivity index (χ4v) is 7.72. The van der Waals surface area contributed by atoms with E-state index < -0.39 is 11.6 Å². The van der Waals surface area contributed by atoms with E-state index in [0.29, 0.717) is 81.8 Å². The lowest BCUT2D eigenvalue weighted by Gasteiger charge is -2.35. The molecule has 1 saturated heterocycles. The Morgan fingerprint density at radius 2 is 1.73 bits per heavy atom. The molecule has 1 fully saturated rings. The Morgan fingerprint density at radius 3 is 2.44 bits per heavy atom. The van der Waals surface area contributed by atoms with Gasteiger partial charge in [0.25, 0.3) is 0 Å². The van der Waals surface area contributed by atoms with Crippen LogP contribution in [0.3, 0.4) is 0 Å². The monoisotopic (exact) mass is 775 g/mol. The Balaban J connectivity index is 1.37. The van der Waals surface area contributed by atoms with Crippen molar-refractivity contribution in [1.29, 1.82) is 0 Å². The standard InChI is InChI=1S/C42H51ClFN5O6/c1-8-53-40(50)39-31(12-10-24-54-35-13-9-11-28-25-29(44)14-15-30(28)35)32-16-17-33(43)37(36-27(2)45-46(6)34(36)26-52-7)38(32)49(39)23-20-47-18-21-48(22-19-47)41(51)55-42(3,4)5/h9,11,13-17,25H,8,10,12,18-24,26H2,1-7H3. The number of hydrogen-bond donors (Lipinski definition) is 0. The molecule has 1 aliphatic heterocycles. The third-order valence-corrected chi connectivity index (χ3v) is 10.2. The topological polar surface area (TPSA) is 100 Å². The fourth-order valence-electron chi connectivity index (χ4n) is 7.48. The molecule has 3 aromatic carbocycles. The van der Waals surface area contributed by atoms with Crippen LogP contribution in [0, 0.1) is 12.7 Å². The number of amides is 1. The van der Waals surface area contributed by atoms with Gasteiger partial charge in [0, 0.05) is 75.3 Å². The minimum absolute atomic E-state index is 0.213. The summed E-state index contributed by atoms with van der Waals surface area (Å²) in [5.74, 6) is -0.0440. The largest absolute Gasteiger partial charge is 0.493 e. The van der Waals surface area contributed by atoms with E-state index in [9.17, 15) is 14.0 Å². The number of ether oxygens (including phenoxy) is 4. The van der Waals surface area contributed by atoms with E-state index in [1.165, 1.54) is 12.1 Å². The molecule has 0 unspecified atom stereocenters. The average Bonchev–Trinajstić information content (AvgIpc) is 3.60. The van der Waals surface area contributed by atoms with Gasteiger partial charge in [0.1, 0.15) is 22.9 Å². The Kier molecular flexibility index (Phi) is 12.4. The maximum Gasteiger partial charge on any atom is 0.410 e. The van der Waals surface area contributed by atoms with Crippen LogP contribution in [-0.2, 0) is 40.8 Å². The lowest BCUT2D eigenvalue weighted by Crippen LogP contribution is -2.50. The third-order valence-electron chi connectivity index (χ3n) is 9.91. The average molecular weight is 776 g/mol. The molecule has 0 saturated carbocycles. The molecule has 0 spiro atoms. The quantitative estimate of drug-likeness (QED) is 0.0873. The van der Waals surface area contributed by atoms with Gasteiger partial charge in [0.05, 0.1) is 41.7 Å². The van der Waals surface area contributed by atoms with Crippen molar-refractivity contribution in [2.75, 3.05) is 53.0 Å². The highest BCUT2D eigenvalue weighted by Gasteiger charge is 2.31. The molecule has 1 amide bonds. The minimum atomic E-state index is -0.567. The molecular weight excluding hydrogens is 725 g/mol. The fraction of sp³-hybridized carbons (Fsp3) is 0.452. The molecule has 11 nitrogen and oxygen atoms in total. The van der Waals surface area contributed by atoms with Crippen molar-refractivity contribution >= 4 is 45.3 Å². The van der Waals surface area contributed by atoms with Gasteiger partial charge in [-0.25, -0.2) is 14.0 Å². The number of esters is 1. The number of nitrogens with zero attached hydrogens (tertiary/aromatic N) is 5. The molecule has 0 aliphatic carbocycles. The van der Waals surface area contributed by atoms with Crippen LogP contribution in [0.4, 0.5) is 9.18 Å². The number of carbonyl (C=O) groups excluding carboxylic acids is 2. The predicted molar refractivity (Wildman–Crippen MR) is 213 cm³/mol. The van der Waals surface area contributed by atoms with Crippen LogP contribution in [0.1, 0.15) is 61.6 Å². The smallest absolute Gasteiger partial charge is 0.410 e. The molecule has 294 valence electrons. The molecule has 0 bridgehead atoms. The SMILES string of the molecule is CCOC(=O)c1c(CCCOc2cccc3cc(F)ccc23)c2ccc(Cl)c(-c3c(C)nn(C)c3COC)c2n1CCN1CCN(C(=O)OC(C)(C)C)CC1. The van der Waals surface area contributed by atoms with E-state index in [1.54, 1.807) is 25.0 Å². The van der Waals surface area contributed by atoms with Crippen molar-refractivity contribution in [2.45, 2.75) is 66.2 Å². The van der Waals surface area contributed by atoms with Crippen LogP contribution in [-0.4, -0.2) is 94.9 Å². The second kappa shape index (κ2) is 17.0. The van der Waals surface area contributed by atoms with Crippen LogP contribution in [0.5, 0.6) is 5.75 Å². The van der Waals surface area contributed by atoms with Crippen molar-refractivity contribution in [1.82, 2.24) is 24.1 Å². The highest BCUT2D eigenvalue weighted by molar-refractivity contribution is 6.35. The molecular formula is C42H51ClFN5O6. The summed E-state index contributed by atoms with van der Waals surface area (Å²) >= 11 is 7.15. The summed E-state index contributed by atoms with van der Waals surface area (Å²) in [5.41, 5.74) is 4.87. The Bertz CT molecular complexity index is 2180. The highest BCUT2D eigenvalue weighted by atomic mass is 35.5. The Labute approximate surface area is 326 Å². The summed E-state index contributed by atoms with van der Waals surface area (Å²) in [7, 11) is 3.53. The number of rotatable bonds is 13. The van der Waals surface area contributed by atoms with Gasteiger partial charge in [-0.15, -0.1) is 0 Å². The summed E-state index contributed by atoms with van der Waals surface area (Å²) in [5, 5.41) is 7.76. The first-order valence-electron chi connectivity index (χ1n) is 18.8. The van der Waals surface area contributed by atoms with E-state index in [1.807, 2.05) is 69.8 Å². The first-order valence-corrected chi connectivity index (χ1v) is 19.2. The van der Waals surface area contributed by atoms with Crippen LogP contribution >= 0.6 is 11.6 Å². The zero-order valence-corrected chi connectivity index (χ0v) is 33.6. The molecule has 2 aromatic heterocycles. The van der Waals surface area contributed by atoms with Crippen molar-refractivity contribution in [3.8, 4) is 16.9 Å². The van der Waals surface area contributed by atoms with Crippen molar-refractivity contribution in [3.63, 3.8) is 0 Å². The Hall–Kier alpha value is -4.65. The van der Waals surface area contributed by atoms with E-state index >= 15 is 0 Å². The van der Waals surface area contributed by atoms with Gasteiger partial charge in [-0.2, -0.15) is 5.10 Å². The van der Waals surface area contributed by atoms with Gasteiger partial charge in [0.15, 0.2) is 0 Å². The van der Waals surface area contributed by atoms with E-state index in [2.05, 4.69) is 9.47 Å². The number of benzene rings is 3. The molecule has 6 rings (SSSR count). The predicted octanol–water partition coefficient (Wildman–Crippen LogP) is 8.18. The van der Waals surface area contributed by atoms with Crippen molar-refractivity contribution in [3.05, 3.63) is 82.0 Å². The molecule has 1 aliphatic rings. The van der Waals surface area contributed by atoms with Gasteiger partial charge < -0.3 is 28.4 Å². The van der Waals surface area contributed by atoms with E-state index in [0.717, 1.165) is 49.8 Å². The maximum absolute atomic E-state index is 14.1. The molecule has 13 heteroatoms. The van der Waals surface area contributed by atoms with E-state index in [-0.39, 0.29) is 18.5 Å². The number of hydrogen-bond acceptors (Lipinski definition) is 8. The number of fused-ring (bicyclic) bond motifs is 2. The summed E-state index contributed by atoms with van der Waals surface area (Å²) in [6.07, 6.45) is 0.798. The zero-order valence-electron chi connectivity index (χ0n) is 32.8. The molecule has 0 N–H and O–H groups in total. The lowest BCUT2D eigenvalue weighted by molar-refractivity contribution is 0.0142. The number of methoxy groups -OCH3 is 1. The first kappa shape index (κ1) is 40.0. The summed E-state index contributed by atoms with van der Waals surface area (Å²) in [6, 6.07) is 14.1. The summed E-state index contributed by atoms with van der Waals surface area (Å²) in [4.78, 5) is 30.9. The van der Waals surface area contributed by atoms with Crippen LogP contribution in [0.25, 0.3) is 32.8 Å². The second-order valence-electron chi connectivity index (χ2n) is 14.9. The summed E-state index contributed by atoms with van der Waals surface area (Å²) < 4.78 is 41.0. The molecule has 0 atom stereocenters. The van der Waals surface area contributed by atoms with E-state index in [4.69, 9.17) is 35.6 Å². The number of aryl methyl sites for hydroxylation is 3. The zero-order chi connectivity index (χ0) is 39.4. The Morgan fingerprint density at radius 1 is 0.982 bits per heavy atom. The van der Waals surface area contributed by atoms with Crippen LogP contribution in [0.15, 0.2) is 48.5 Å². The van der Waals surface area contributed by atoms with Crippen molar-refractivity contribution < 1.29 is 32.9 Å². The van der Waals surface area contributed by atoms with Gasteiger partial charge in [-0.05, 0) is 88.7 Å². The molecule has 55 heavy (non-hydrogen) atoms. The van der Waals surface area contributed by atoms with Gasteiger partial charge >= 0.3 is 12.1 Å². The van der Waals surface area contributed by atoms with Gasteiger partial charge in [0.2, 0.25) is 0 Å². The first-order chi connectivity index (χ1) is 26.3. The summed E-state index contributed by atoms with van der Waals surface area (Å²) in [6.45, 7) is 13.7. The third kappa shape index (κ3) is 8.77. The number of aromatic nitrogens is 3. The lowest BCUT2D eigenvalue weighted by atomic mass is 9.98. The van der Waals surface area contributed by atoms with Crippen LogP contribution < -0.4 is 4.74 Å². The van der Waals surface area contributed by atoms with Gasteiger partial charge in [-0.3, -0.25) is 9.58 Å². The number of carbonyl (C=O) groups is 2. The van der Waals surface area contributed by atoms with Crippen LogP contribution in [0.2, 0.25) is 5.02 Å². The maximum atomic E-state index is 14.1. The highest BCUT2D eigenvalue weighted by Crippen LogP contribution is 2.42. The van der Waals surface area contributed by atoms with Crippen molar-refractivity contribution in [2.24, 2.45) is 7.05 Å².